The maximum Gasteiger partial charge on any atom is 0.320 e. The Balaban J connectivity index is 1.87. The van der Waals surface area contributed by atoms with E-state index < -0.39 is 0 Å². The summed E-state index contributed by atoms with van der Waals surface area (Å²) in [5, 5.41) is 3.47. The molecule has 0 aromatic heterocycles. The van der Waals surface area contributed by atoms with Crippen molar-refractivity contribution in [1.82, 2.24) is 15.1 Å². The molecule has 5 heteroatoms. The molecule has 2 rings (SSSR count). The lowest BCUT2D eigenvalue weighted by molar-refractivity contribution is 0.0426. The molecule has 2 aliphatic rings. The maximum atomic E-state index is 12.4. The molecular weight excluding hydrogens is 230 g/mol. The molecule has 0 spiro atoms. The van der Waals surface area contributed by atoms with Gasteiger partial charge in [0.25, 0.3) is 0 Å². The highest BCUT2D eigenvalue weighted by Crippen LogP contribution is 2.10. The van der Waals surface area contributed by atoms with Crippen molar-refractivity contribution in [3.8, 4) is 0 Å². The highest BCUT2D eigenvalue weighted by Gasteiger charge is 2.25. The third-order valence-electron chi connectivity index (χ3n) is 3.65. The van der Waals surface area contributed by atoms with Gasteiger partial charge in [0.05, 0.1) is 13.2 Å². The van der Waals surface area contributed by atoms with E-state index in [0.717, 1.165) is 39.1 Å². The van der Waals surface area contributed by atoms with E-state index in [9.17, 15) is 4.79 Å². The van der Waals surface area contributed by atoms with Gasteiger partial charge >= 0.3 is 6.03 Å². The van der Waals surface area contributed by atoms with Crippen molar-refractivity contribution < 1.29 is 9.53 Å². The predicted molar refractivity (Wildman–Crippen MR) is 70.7 cm³/mol. The van der Waals surface area contributed by atoms with E-state index in [1.165, 1.54) is 12.8 Å². The maximum absolute atomic E-state index is 12.4. The number of morpholine rings is 1. The number of urea groups is 1. The minimum atomic E-state index is 0.189. The first kappa shape index (κ1) is 13.6. The van der Waals surface area contributed by atoms with Gasteiger partial charge in [-0.15, -0.1) is 0 Å². The Morgan fingerprint density at radius 3 is 2.83 bits per heavy atom. The zero-order valence-corrected chi connectivity index (χ0v) is 11.4. The van der Waals surface area contributed by atoms with Crippen molar-refractivity contribution in [2.24, 2.45) is 0 Å². The number of rotatable bonds is 4. The molecule has 2 amide bonds. The van der Waals surface area contributed by atoms with Gasteiger partial charge in [-0.3, -0.25) is 0 Å². The standard InChI is InChI=1S/C13H25N3O2/c1-2-6-16(11-12-4-3-5-14-12)13(17)15-7-9-18-10-8-15/h12,14H,2-11H2,1H3. The van der Waals surface area contributed by atoms with Crippen LogP contribution in [0.3, 0.4) is 0 Å². The summed E-state index contributed by atoms with van der Waals surface area (Å²) in [4.78, 5) is 16.4. The highest BCUT2D eigenvalue weighted by atomic mass is 16.5. The van der Waals surface area contributed by atoms with Crippen molar-refractivity contribution in [3.05, 3.63) is 0 Å². The van der Waals surface area contributed by atoms with Crippen LogP contribution in [0.15, 0.2) is 0 Å². The molecule has 104 valence electrons. The van der Waals surface area contributed by atoms with Gasteiger partial charge in [0, 0.05) is 32.2 Å². The molecule has 2 saturated heterocycles. The Labute approximate surface area is 109 Å². The molecule has 0 bridgehead atoms. The van der Waals surface area contributed by atoms with Crippen LogP contribution >= 0.6 is 0 Å². The summed E-state index contributed by atoms with van der Waals surface area (Å²) in [6, 6.07) is 0.676. The number of nitrogens with zero attached hydrogens (tertiary/aromatic N) is 2. The lowest BCUT2D eigenvalue weighted by atomic mass is 10.2. The van der Waals surface area contributed by atoms with Crippen molar-refractivity contribution in [1.29, 1.82) is 0 Å². The Morgan fingerprint density at radius 2 is 2.22 bits per heavy atom. The topological polar surface area (TPSA) is 44.8 Å². The Hall–Kier alpha value is -0.810. The summed E-state index contributed by atoms with van der Waals surface area (Å²) in [5.74, 6) is 0. The van der Waals surface area contributed by atoms with Gasteiger partial charge in [-0.1, -0.05) is 6.92 Å². The summed E-state index contributed by atoms with van der Waals surface area (Å²) in [5.41, 5.74) is 0. The summed E-state index contributed by atoms with van der Waals surface area (Å²) in [7, 11) is 0. The first-order valence-electron chi connectivity index (χ1n) is 7.16. The summed E-state index contributed by atoms with van der Waals surface area (Å²) >= 11 is 0. The smallest absolute Gasteiger partial charge is 0.320 e. The molecule has 2 aliphatic heterocycles. The van der Waals surface area contributed by atoms with Gasteiger partial charge in [0.1, 0.15) is 0 Å². The second kappa shape index (κ2) is 6.95. The monoisotopic (exact) mass is 255 g/mol. The van der Waals surface area contributed by atoms with E-state index in [4.69, 9.17) is 4.74 Å². The van der Waals surface area contributed by atoms with Crippen LogP contribution in [-0.4, -0.2) is 67.8 Å². The van der Waals surface area contributed by atoms with Crippen LogP contribution in [0, 0.1) is 0 Å². The van der Waals surface area contributed by atoms with E-state index in [1.54, 1.807) is 0 Å². The molecule has 2 fully saturated rings. The molecule has 1 atom stereocenters. The van der Waals surface area contributed by atoms with Crippen molar-refractivity contribution in [2.75, 3.05) is 45.9 Å². The van der Waals surface area contributed by atoms with Gasteiger partial charge in [-0.05, 0) is 25.8 Å². The van der Waals surface area contributed by atoms with E-state index in [-0.39, 0.29) is 6.03 Å². The van der Waals surface area contributed by atoms with E-state index in [1.807, 2.05) is 9.80 Å². The fraction of sp³-hybridized carbons (Fsp3) is 0.923. The van der Waals surface area contributed by atoms with Crippen molar-refractivity contribution >= 4 is 6.03 Å². The van der Waals surface area contributed by atoms with Gasteiger partial charge in [0.15, 0.2) is 0 Å². The molecule has 5 nitrogen and oxygen atoms in total. The van der Waals surface area contributed by atoms with Crippen LogP contribution in [0.1, 0.15) is 26.2 Å². The fourth-order valence-corrected chi connectivity index (χ4v) is 2.67. The molecule has 0 aromatic rings. The van der Waals surface area contributed by atoms with Crippen LogP contribution in [-0.2, 0) is 4.74 Å². The van der Waals surface area contributed by atoms with Gasteiger partial charge in [-0.25, -0.2) is 4.79 Å². The van der Waals surface area contributed by atoms with Gasteiger partial charge < -0.3 is 19.9 Å². The first-order valence-corrected chi connectivity index (χ1v) is 7.16. The second-order valence-electron chi connectivity index (χ2n) is 5.12. The zero-order chi connectivity index (χ0) is 12.8. The van der Waals surface area contributed by atoms with E-state index in [0.29, 0.717) is 19.3 Å². The molecule has 0 aromatic carbocycles. The second-order valence-corrected chi connectivity index (χ2v) is 5.12. The SMILES string of the molecule is CCCN(CC1CCCN1)C(=O)N1CCOCC1. The molecule has 1 unspecified atom stereocenters. The van der Waals surface area contributed by atoms with Crippen LogP contribution in [0.25, 0.3) is 0 Å². The molecule has 18 heavy (non-hydrogen) atoms. The fourth-order valence-electron chi connectivity index (χ4n) is 2.67. The minimum absolute atomic E-state index is 0.189. The van der Waals surface area contributed by atoms with Crippen molar-refractivity contribution in [3.63, 3.8) is 0 Å². The summed E-state index contributed by atoms with van der Waals surface area (Å²) in [6.45, 7) is 7.74. The number of carbonyl (C=O) groups excluding carboxylic acids is 1. The number of hydrogen-bond acceptors (Lipinski definition) is 3. The van der Waals surface area contributed by atoms with Crippen LogP contribution in [0.4, 0.5) is 4.79 Å². The number of carbonyl (C=O) groups is 1. The molecule has 0 radical (unpaired) electrons. The van der Waals surface area contributed by atoms with Crippen LogP contribution < -0.4 is 5.32 Å². The number of amides is 2. The number of nitrogens with one attached hydrogen (secondary N) is 1. The number of ether oxygens (including phenoxy) is 1. The highest BCUT2D eigenvalue weighted by molar-refractivity contribution is 5.74. The number of hydrogen-bond donors (Lipinski definition) is 1. The summed E-state index contributed by atoms with van der Waals surface area (Å²) in [6.07, 6.45) is 3.44. The average Bonchev–Trinajstić information content (AvgIpc) is 2.91. The molecule has 2 heterocycles. The van der Waals surface area contributed by atoms with E-state index >= 15 is 0 Å². The summed E-state index contributed by atoms with van der Waals surface area (Å²) < 4.78 is 5.30. The minimum Gasteiger partial charge on any atom is -0.378 e. The molecule has 1 N–H and O–H groups in total. The lowest BCUT2D eigenvalue weighted by Crippen LogP contribution is -2.51. The quantitative estimate of drug-likeness (QED) is 0.812. The largest absolute Gasteiger partial charge is 0.378 e. The zero-order valence-electron chi connectivity index (χ0n) is 11.4. The molecule has 0 aliphatic carbocycles. The third kappa shape index (κ3) is 3.59. The average molecular weight is 255 g/mol. The Bertz CT molecular complexity index is 261. The Morgan fingerprint density at radius 1 is 1.44 bits per heavy atom. The normalized spacial score (nSPS) is 24.3. The third-order valence-corrected chi connectivity index (χ3v) is 3.65. The van der Waals surface area contributed by atoms with E-state index in [2.05, 4.69) is 12.2 Å². The Kier molecular flexibility index (Phi) is 5.26. The van der Waals surface area contributed by atoms with Crippen LogP contribution in [0.2, 0.25) is 0 Å². The van der Waals surface area contributed by atoms with Crippen molar-refractivity contribution in [2.45, 2.75) is 32.2 Å². The molecular formula is C13H25N3O2. The van der Waals surface area contributed by atoms with Gasteiger partial charge in [0.2, 0.25) is 0 Å². The lowest BCUT2D eigenvalue weighted by Gasteiger charge is -2.34. The molecule has 0 saturated carbocycles. The predicted octanol–water partition coefficient (Wildman–Crippen LogP) is 0.903. The van der Waals surface area contributed by atoms with Crippen LogP contribution in [0.5, 0.6) is 0 Å². The van der Waals surface area contributed by atoms with Gasteiger partial charge in [-0.2, -0.15) is 0 Å². The first-order chi connectivity index (χ1) is 8.81.